The molecule has 0 heterocycles. The van der Waals surface area contributed by atoms with Gasteiger partial charge in [0.05, 0.1) is 12.6 Å². The van der Waals surface area contributed by atoms with Gasteiger partial charge in [-0.3, -0.25) is 4.79 Å². The van der Waals surface area contributed by atoms with Gasteiger partial charge in [-0.1, -0.05) is 18.2 Å². The lowest BCUT2D eigenvalue weighted by Gasteiger charge is -2.20. The van der Waals surface area contributed by atoms with Gasteiger partial charge in [0.25, 0.3) is 0 Å². The first-order valence-electron chi connectivity index (χ1n) is 6.21. The van der Waals surface area contributed by atoms with Crippen LogP contribution in [0.3, 0.4) is 0 Å². The molecule has 0 spiro atoms. The first kappa shape index (κ1) is 10.6. The number of carbonyl (C=O) groups excluding carboxylic acids is 1. The zero-order valence-corrected chi connectivity index (χ0v) is 10.0. The Morgan fingerprint density at radius 3 is 2.65 bits per heavy atom. The van der Waals surface area contributed by atoms with E-state index in [1.807, 2.05) is 18.2 Å². The number of hydrogen-bond acceptors (Lipinski definition) is 2. The Bertz CT molecular complexity index is 447. The van der Waals surface area contributed by atoms with Crippen LogP contribution in [-0.2, 0) is 10.3 Å². The number of benzene rings is 1. The van der Waals surface area contributed by atoms with Crippen molar-refractivity contribution >= 4 is 5.91 Å². The van der Waals surface area contributed by atoms with E-state index in [1.165, 1.54) is 0 Å². The van der Waals surface area contributed by atoms with E-state index in [2.05, 4.69) is 11.4 Å². The lowest BCUT2D eigenvalue weighted by Crippen LogP contribution is -2.36. The number of amides is 1. The molecule has 0 aromatic heterocycles. The van der Waals surface area contributed by atoms with Crippen molar-refractivity contribution in [2.75, 3.05) is 7.11 Å². The zero-order chi connectivity index (χ0) is 11.9. The second-order valence-corrected chi connectivity index (χ2v) is 5.05. The van der Waals surface area contributed by atoms with Gasteiger partial charge in [0.2, 0.25) is 5.91 Å². The van der Waals surface area contributed by atoms with E-state index in [1.54, 1.807) is 7.11 Å². The topological polar surface area (TPSA) is 38.3 Å². The molecule has 0 atom stereocenters. The molecular formula is C14H17NO2. The lowest BCUT2D eigenvalue weighted by molar-refractivity contribution is -0.123. The van der Waals surface area contributed by atoms with E-state index < -0.39 is 0 Å². The van der Waals surface area contributed by atoms with E-state index in [0.717, 1.165) is 37.0 Å². The molecule has 3 heteroatoms. The Morgan fingerprint density at radius 1 is 1.35 bits per heavy atom. The Balaban J connectivity index is 1.84. The number of para-hydroxylation sites is 1. The van der Waals surface area contributed by atoms with E-state index in [4.69, 9.17) is 4.74 Å². The Hall–Kier alpha value is -1.51. The third kappa shape index (κ3) is 1.90. The van der Waals surface area contributed by atoms with Crippen LogP contribution >= 0.6 is 0 Å². The van der Waals surface area contributed by atoms with E-state index in [0.29, 0.717) is 0 Å². The predicted molar refractivity (Wildman–Crippen MR) is 64.8 cm³/mol. The van der Waals surface area contributed by atoms with Gasteiger partial charge >= 0.3 is 0 Å². The summed E-state index contributed by atoms with van der Waals surface area (Å²) in [6, 6.07) is 7.97. The summed E-state index contributed by atoms with van der Waals surface area (Å²) in [7, 11) is 1.68. The number of hydrogen-bond donors (Lipinski definition) is 1. The van der Waals surface area contributed by atoms with Gasteiger partial charge in [0.1, 0.15) is 5.75 Å². The van der Waals surface area contributed by atoms with Gasteiger partial charge in [-0.25, -0.2) is 0 Å². The summed E-state index contributed by atoms with van der Waals surface area (Å²) in [5.41, 5.74) is 0.975. The molecule has 0 bridgehead atoms. The highest BCUT2D eigenvalue weighted by Gasteiger charge is 2.49. The van der Waals surface area contributed by atoms with E-state index in [9.17, 15) is 4.79 Å². The molecule has 1 aromatic carbocycles. The summed E-state index contributed by atoms with van der Waals surface area (Å²) in [5, 5.41) is 3.20. The fraction of sp³-hybridized carbons (Fsp3) is 0.500. The van der Waals surface area contributed by atoms with Crippen LogP contribution in [0.4, 0.5) is 0 Å². The molecule has 2 saturated carbocycles. The monoisotopic (exact) mass is 231 g/mol. The summed E-state index contributed by atoms with van der Waals surface area (Å²) < 4.78 is 5.38. The van der Waals surface area contributed by atoms with Gasteiger partial charge in [-0.15, -0.1) is 0 Å². The molecule has 3 rings (SSSR count). The van der Waals surface area contributed by atoms with Crippen molar-refractivity contribution in [3.63, 3.8) is 0 Å². The van der Waals surface area contributed by atoms with Crippen LogP contribution in [-0.4, -0.2) is 13.0 Å². The molecule has 1 amide bonds. The second kappa shape index (κ2) is 3.76. The maximum Gasteiger partial charge on any atom is 0.223 e. The van der Waals surface area contributed by atoms with Crippen molar-refractivity contribution in [1.29, 1.82) is 0 Å². The third-order valence-corrected chi connectivity index (χ3v) is 3.68. The standard InChI is InChI=1S/C14H17NO2/c1-17-12-5-3-2-4-11(12)14(8-9-14)15-13(16)10-6-7-10/h2-5,10H,6-9H2,1H3,(H,15,16). The number of ether oxygens (including phenoxy) is 1. The summed E-state index contributed by atoms with van der Waals surface area (Å²) in [5.74, 6) is 1.36. The van der Waals surface area contributed by atoms with Gasteiger partial charge in [-0.2, -0.15) is 0 Å². The molecule has 0 aliphatic heterocycles. The molecule has 2 aliphatic carbocycles. The van der Waals surface area contributed by atoms with Crippen LogP contribution in [0.5, 0.6) is 5.75 Å². The summed E-state index contributed by atoms with van der Waals surface area (Å²) in [6.45, 7) is 0. The highest BCUT2D eigenvalue weighted by Crippen LogP contribution is 2.49. The second-order valence-electron chi connectivity index (χ2n) is 5.05. The van der Waals surface area contributed by atoms with Crippen molar-refractivity contribution in [2.45, 2.75) is 31.2 Å². The van der Waals surface area contributed by atoms with Gasteiger partial charge in [0, 0.05) is 11.5 Å². The van der Waals surface area contributed by atoms with Crippen LogP contribution in [0, 0.1) is 5.92 Å². The smallest absolute Gasteiger partial charge is 0.223 e. The molecular weight excluding hydrogens is 214 g/mol. The molecule has 90 valence electrons. The van der Waals surface area contributed by atoms with Crippen LogP contribution in [0.2, 0.25) is 0 Å². The Labute approximate surface area is 101 Å². The average Bonchev–Trinajstić information content (AvgIpc) is 3.22. The maximum atomic E-state index is 11.9. The largest absolute Gasteiger partial charge is 0.496 e. The normalized spacial score (nSPS) is 20.8. The van der Waals surface area contributed by atoms with Gasteiger partial charge < -0.3 is 10.1 Å². The molecule has 2 aliphatic rings. The predicted octanol–water partition coefficient (Wildman–Crippen LogP) is 2.21. The number of carbonyl (C=O) groups is 1. The first-order chi connectivity index (χ1) is 8.25. The van der Waals surface area contributed by atoms with Crippen LogP contribution in [0.25, 0.3) is 0 Å². The fourth-order valence-corrected chi connectivity index (χ4v) is 2.31. The summed E-state index contributed by atoms with van der Waals surface area (Å²) in [4.78, 5) is 11.9. The quantitative estimate of drug-likeness (QED) is 0.862. The lowest BCUT2D eigenvalue weighted by atomic mass is 10.0. The molecule has 1 aromatic rings. The fourth-order valence-electron chi connectivity index (χ4n) is 2.31. The molecule has 0 radical (unpaired) electrons. The summed E-state index contributed by atoms with van der Waals surface area (Å²) >= 11 is 0. The van der Waals surface area contributed by atoms with Crippen molar-refractivity contribution in [3.8, 4) is 5.75 Å². The van der Waals surface area contributed by atoms with Gasteiger partial charge in [0.15, 0.2) is 0 Å². The highest BCUT2D eigenvalue weighted by atomic mass is 16.5. The minimum Gasteiger partial charge on any atom is -0.496 e. The Kier molecular flexibility index (Phi) is 2.35. The van der Waals surface area contributed by atoms with E-state index in [-0.39, 0.29) is 17.4 Å². The van der Waals surface area contributed by atoms with Crippen molar-refractivity contribution in [1.82, 2.24) is 5.32 Å². The SMILES string of the molecule is COc1ccccc1C1(NC(=O)C2CC2)CC1. The highest BCUT2D eigenvalue weighted by molar-refractivity contribution is 5.82. The van der Waals surface area contributed by atoms with Crippen LogP contribution < -0.4 is 10.1 Å². The molecule has 0 saturated heterocycles. The number of methoxy groups -OCH3 is 1. The average molecular weight is 231 g/mol. The first-order valence-corrected chi connectivity index (χ1v) is 6.21. The van der Waals surface area contributed by atoms with Crippen LogP contribution in [0.1, 0.15) is 31.2 Å². The van der Waals surface area contributed by atoms with Gasteiger partial charge in [-0.05, 0) is 31.7 Å². The number of nitrogens with one attached hydrogen (secondary N) is 1. The molecule has 17 heavy (non-hydrogen) atoms. The molecule has 3 nitrogen and oxygen atoms in total. The Morgan fingerprint density at radius 2 is 2.06 bits per heavy atom. The molecule has 1 N–H and O–H groups in total. The van der Waals surface area contributed by atoms with Crippen molar-refractivity contribution in [3.05, 3.63) is 29.8 Å². The van der Waals surface area contributed by atoms with Crippen molar-refractivity contribution in [2.24, 2.45) is 5.92 Å². The van der Waals surface area contributed by atoms with E-state index >= 15 is 0 Å². The van der Waals surface area contributed by atoms with Crippen molar-refractivity contribution < 1.29 is 9.53 Å². The zero-order valence-electron chi connectivity index (χ0n) is 10.0. The molecule has 2 fully saturated rings. The van der Waals surface area contributed by atoms with Crippen LogP contribution in [0.15, 0.2) is 24.3 Å². The minimum absolute atomic E-state index is 0.147. The third-order valence-electron chi connectivity index (χ3n) is 3.68. The summed E-state index contributed by atoms with van der Waals surface area (Å²) in [6.07, 6.45) is 4.14. The minimum atomic E-state index is -0.147. The maximum absolute atomic E-state index is 11.9. The number of rotatable bonds is 4. The molecule has 0 unspecified atom stereocenters.